The Morgan fingerprint density at radius 3 is 2.21 bits per heavy atom. The topological polar surface area (TPSA) is 113 Å². The van der Waals surface area contributed by atoms with Crippen LogP contribution >= 0.6 is 7.37 Å². The molecule has 0 aliphatic rings. The van der Waals surface area contributed by atoms with Crippen LogP contribution in [0.15, 0.2) is 30.3 Å². The number of benzene rings is 2. The molecule has 0 heterocycles. The molecular weight excluding hydrogens is 441 g/mol. The molecule has 2 atom stereocenters. The molecule has 1 amide bonds. The van der Waals surface area contributed by atoms with Gasteiger partial charge in [-0.25, -0.2) is 4.79 Å². The minimum Gasteiger partial charge on any atom is -0.507 e. The lowest BCUT2D eigenvalue weighted by atomic mass is 9.93. The van der Waals surface area contributed by atoms with Gasteiger partial charge in [-0.05, 0) is 73.1 Å². The molecule has 0 spiro atoms. The van der Waals surface area contributed by atoms with Crippen LogP contribution in [-0.4, -0.2) is 41.2 Å². The molecule has 0 aliphatic heterocycles. The van der Waals surface area contributed by atoms with E-state index >= 15 is 0 Å². The van der Waals surface area contributed by atoms with Crippen molar-refractivity contribution in [2.75, 3.05) is 13.3 Å². The molecule has 0 bridgehead atoms. The Kier molecular flexibility index (Phi) is 8.87. The van der Waals surface area contributed by atoms with E-state index in [2.05, 4.69) is 5.32 Å². The average molecular weight is 476 g/mol. The summed E-state index contributed by atoms with van der Waals surface area (Å²) in [6.07, 6.45) is 0.642. The Labute approximate surface area is 195 Å². The number of rotatable bonds is 9. The number of esters is 1. The number of amides is 1. The molecule has 2 unspecified atom stereocenters. The summed E-state index contributed by atoms with van der Waals surface area (Å²) in [4.78, 5) is 34.8. The molecule has 2 rings (SSSR count). The van der Waals surface area contributed by atoms with Gasteiger partial charge in [-0.3, -0.25) is 9.36 Å². The highest BCUT2D eigenvalue weighted by Crippen LogP contribution is 2.40. The zero-order chi connectivity index (χ0) is 24.9. The highest BCUT2D eigenvalue weighted by atomic mass is 31.2. The number of hydrogen-bond donors (Lipinski definition) is 3. The zero-order valence-corrected chi connectivity index (χ0v) is 21.0. The molecule has 33 heavy (non-hydrogen) atoms. The van der Waals surface area contributed by atoms with Gasteiger partial charge < -0.3 is 20.1 Å². The quantitative estimate of drug-likeness (QED) is 0.368. The average Bonchev–Trinajstić information content (AvgIpc) is 2.68. The maximum atomic E-state index is 12.9. The Morgan fingerprint density at radius 2 is 1.70 bits per heavy atom. The fraction of sp³-hybridized carbons (Fsp3) is 0.440. The van der Waals surface area contributed by atoms with Crippen molar-refractivity contribution in [2.45, 2.75) is 53.2 Å². The van der Waals surface area contributed by atoms with Crippen molar-refractivity contribution in [1.29, 1.82) is 0 Å². The van der Waals surface area contributed by atoms with Crippen molar-refractivity contribution in [3.63, 3.8) is 0 Å². The van der Waals surface area contributed by atoms with Crippen LogP contribution in [0.5, 0.6) is 5.75 Å². The Hall–Kier alpha value is -2.63. The van der Waals surface area contributed by atoms with E-state index in [4.69, 9.17) is 4.74 Å². The van der Waals surface area contributed by atoms with Crippen molar-refractivity contribution >= 4 is 19.2 Å². The van der Waals surface area contributed by atoms with E-state index in [9.17, 15) is 24.2 Å². The summed E-state index contributed by atoms with van der Waals surface area (Å²) in [7, 11) is -3.17. The van der Waals surface area contributed by atoms with Crippen molar-refractivity contribution in [1.82, 2.24) is 5.32 Å². The van der Waals surface area contributed by atoms with Crippen LogP contribution in [0.4, 0.5) is 0 Å². The number of aryl methyl sites for hydroxylation is 2. The first-order valence-corrected chi connectivity index (χ1v) is 13.3. The van der Waals surface area contributed by atoms with Crippen LogP contribution in [0.3, 0.4) is 0 Å². The molecule has 3 N–H and O–H groups in total. The zero-order valence-electron chi connectivity index (χ0n) is 20.1. The van der Waals surface area contributed by atoms with Gasteiger partial charge in [-0.1, -0.05) is 32.0 Å². The third-order valence-electron chi connectivity index (χ3n) is 5.41. The van der Waals surface area contributed by atoms with E-state index in [1.165, 1.54) is 12.7 Å². The van der Waals surface area contributed by atoms with E-state index in [0.717, 1.165) is 27.8 Å². The molecule has 0 fully saturated rings. The summed E-state index contributed by atoms with van der Waals surface area (Å²) in [5, 5.41) is 13.0. The lowest BCUT2D eigenvalue weighted by molar-refractivity contribution is -0.146. The molecule has 0 aliphatic carbocycles. The van der Waals surface area contributed by atoms with Gasteiger partial charge in [0.1, 0.15) is 11.8 Å². The summed E-state index contributed by atoms with van der Waals surface area (Å²) in [5.74, 6) is -1.42. The van der Waals surface area contributed by atoms with Crippen LogP contribution < -0.4 is 5.32 Å². The van der Waals surface area contributed by atoms with E-state index in [1.807, 2.05) is 39.8 Å². The number of phenols is 1. The van der Waals surface area contributed by atoms with Crippen molar-refractivity contribution in [2.24, 2.45) is 5.92 Å². The number of carbonyl (C=O) groups excluding carboxylic acids is 2. The number of hydrogen-bond acceptors (Lipinski definition) is 5. The second-order valence-corrected chi connectivity index (χ2v) is 11.3. The Bertz CT molecular complexity index is 1050. The van der Waals surface area contributed by atoms with Crippen molar-refractivity contribution < 1.29 is 28.9 Å². The van der Waals surface area contributed by atoms with Gasteiger partial charge in [0.25, 0.3) is 5.91 Å². The highest BCUT2D eigenvalue weighted by Gasteiger charge is 2.27. The second kappa shape index (κ2) is 11.0. The molecule has 0 saturated heterocycles. The normalized spacial score (nSPS) is 13.9. The minimum absolute atomic E-state index is 0.0848. The first kappa shape index (κ1) is 26.6. The lowest BCUT2D eigenvalue weighted by Crippen LogP contribution is -2.45. The first-order chi connectivity index (χ1) is 15.3. The molecule has 180 valence electrons. The fourth-order valence-corrected chi connectivity index (χ4v) is 4.68. The maximum absolute atomic E-state index is 12.9. The Morgan fingerprint density at radius 1 is 1.09 bits per heavy atom. The van der Waals surface area contributed by atoms with Gasteiger partial charge in [0, 0.05) is 12.8 Å². The molecule has 0 saturated carbocycles. The van der Waals surface area contributed by atoms with E-state index in [0.29, 0.717) is 6.42 Å². The smallest absolute Gasteiger partial charge is 0.328 e. The number of phenolic OH excluding ortho intramolecular Hbond substituents is 1. The largest absolute Gasteiger partial charge is 0.507 e. The number of aromatic hydroxyl groups is 1. The van der Waals surface area contributed by atoms with Gasteiger partial charge in [0.05, 0.1) is 12.2 Å². The second-order valence-electron chi connectivity index (χ2n) is 8.89. The van der Waals surface area contributed by atoms with Crippen LogP contribution in [0.1, 0.15) is 58.9 Å². The SMILES string of the molecule is CCOC(=O)C(NC(=O)c1cc(Cc2c(C)cc(CP(C)(=O)O)cc2C)ccc1O)C(C)C. The van der Waals surface area contributed by atoms with Crippen LogP contribution in [0.25, 0.3) is 0 Å². The fourth-order valence-electron chi connectivity index (χ4n) is 3.82. The van der Waals surface area contributed by atoms with E-state index in [-0.39, 0.29) is 30.0 Å². The monoisotopic (exact) mass is 475 g/mol. The molecule has 2 aromatic rings. The van der Waals surface area contributed by atoms with Crippen molar-refractivity contribution in [3.8, 4) is 5.75 Å². The molecule has 0 aromatic heterocycles. The number of nitrogens with one attached hydrogen (secondary N) is 1. The standard InChI is InChI=1S/C25H34NO6P/c1-7-32-25(29)23(15(2)3)26-24(28)21-13-18(8-9-22(21)27)12-20-16(4)10-19(11-17(20)5)14-33(6,30)31/h8-11,13,15,23,27H,7,12,14H2,1-6H3,(H,26,28)(H,30,31). The van der Waals surface area contributed by atoms with Gasteiger partial charge in [-0.2, -0.15) is 0 Å². The van der Waals surface area contributed by atoms with Crippen LogP contribution in [0, 0.1) is 19.8 Å². The third-order valence-corrected chi connectivity index (χ3v) is 6.36. The predicted octanol–water partition coefficient (Wildman–Crippen LogP) is 4.32. The van der Waals surface area contributed by atoms with Gasteiger partial charge in [-0.15, -0.1) is 0 Å². The molecule has 7 nitrogen and oxygen atoms in total. The van der Waals surface area contributed by atoms with Crippen LogP contribution in [-0.2, 0) is 26.7 Å². The predicted molar refractivity (Wildman–Crippen MR) is 129 cm³/mol. The van der Waals surface area contributed by atoms with Gasteiger partial charge in [0.2, 0.25) is 7.37 Å². The number of ether oxygens (including phenoxy) is 1. The highest BCUT2D eigenvalue weighted by molar-refractivity contribution is 7.56. The van der Waals surface area contributed by atoms with Crippen molar-refractivity contribution in [3.05, 3.63) is 63.7 Å². The van der Waals surface area contributed by atoms with Gasteiger partial charge in [0.15, 0.2) is 0 Å². The third kappa shape index (κ3) is 7.44. The maximum Gasteiger partial charge on any atom is 0.328 e. The summed E-state index contributed by atoms with van der Waals surface area (Å²) in [6.45, 7) is 10.8. The molecule has 2 aromatic carbocycles. The molecule has 0 radical (unpaired) electrons. The van der Waals surface area contributed by atoms with Crippen LogP contribution in [0.2, 0.25) is 0 Å². The first-order valence-electron chi connectivity index (χ1n) is 11.0. The van der Waals surface area contributed by atoms with Gasteiger partial charge >= 0.3 is 5.97 Å². The lowest BCUT2D eigenvalue weighted by Gasteiger charge is -2.21. The number of carbonyl (C=O) groups is 2. The summed E-state index contributed by atoms with van der Waals surface area (Å²) < 4.78 is 16.8. The molecular formula is C25H34NO6P. The van der Waals surface area contributed by atoms with E-state index < -0.39 is 25.3 Å². The summed E-state index contributed by atoms with van der Waals surface area (Å²) in [5.41, 5.74) is 4.73. The molecule has 8 heteroatoms. The van der Waals surface area contributed by atoms with E-state index in [1.54, 1.807) is 19.1 Å². The minimum atomic E-state index is -3.17. The Balaban J connectivity index is 2.29. The summed E-state index contributed by atoms with van der Waals surface area (Å²) >= 11 is 0. The summed E-state index contributed by atoms with van der Waals surface area (Å²) in [6, 6.07) is 7.84.